The van der Waals surface area contributed by atoms with Crippen LogP contribution in [0.3, 0.4) is 0 Å². The summed E-state index contributed by atoms with van der Waals surface area (Å²) >= 11 is 0. The van der Waals surface area contributed by atoms with Crippen molar-refractivity contribution in [1.82, 2.24) is 4.98 Å². The molecule has 2 heterocycles. The van der Waals surface area contributed by atoms with E-state index in [1.807, 2.05) is 6.07 Å². The summed E-state index contributed by atoms with van der Waals surface area (Å²) in [6.07, 6.45) is 1.75. The van der Waals surface area contributed by atoms with E-state index >= 15 is 0 Å². The second-order valence-corrected chi connectivity index (χ2v) is 3.75. The Labute approximate surface area is 99.8 Å². The van der Waals surface area contributed by atoms with Gasteiger partial charge >= 0.3 is 0 Å². The van der Waals surface area contributed by atoms with Crippen LogP contribution in [0.25, 0.3) is 0 Å². The summed E-state index contributed by atoms with van der Waals surface area (Å²) in [4.78, 5) is 17.4. The first kappa shape index (κ1) is 11.8. The number of hydrogen-bond acceptors (Lipinski definition) is 5. The minimum Gasteiger partial charge on any atom is -0.378 e. The van der Waals surface area contributed by atoms with Crippen molar-refractivity contribution in [3.63, 3.8) is 0 Å². The Bertz CT molecular complexity index is 374. The molecule has 6 nitrogen and oxygen atoms in total. The van der Waals surface area contributed by atoms with E-state index in [1.165, 1.54) is 0 Å². The summed E-state index contributed by atoms with van der Waals surface area (Å²) < 4.78 is 5.28. The lowest BCUT2D eigenvalue weighted by molar-refractivity contribution is -0.114. The maximum atomic E-state index is 11.1. The van der Waals surface area contributed by atoms with Gasteiger partial charge in [-0.25, -0.2) is 4.98 Å². The Morgan fingerprint density at radius 2 is 2.24 bits per heavy atom. The predicted octanol–water partition coefficient (Wildman–Crippen LogP) is -0.185. The van der Waals surface area contributed by atoms with Gasteiger partial charge < -0.3 is 20.7 Å². The number of anilines is 2. The topological polar surface area (TPSA) is 80.5 Å². The van der Waals surface area contributed by atoms with E-state index in [-0.39, 0.29) is 12.5 Å². The Morgan fingerprint density at radius 1 is 1.47 bits per heavy atom. The highest BCUT2D eigenvalue weighted by atomic mass is 16.5. The molecule has 0 atom stereocenters. The van der Waals surface area contributed by atoms with Crippen molar-refractivity contribution in [1.29, 1.82) is 0 Å². The summed E-state index contributed by atoms with van der Waals surface area (Å²) in [5.41, 5.74) is 6.25. The zero-order valence-corrected chi connectivity index (χ0v) is 9.56. The lowest BCUT2D eigenvalue weighted by Gasteiger charge is -2.28. The fourth-order valence-corrected chi connectivity index (χ4v) is 1.66. The molecule has 1 aliphatic heterocycles. The summed E-state index contributed by atoms with van der Waals surface area (Å²) in [5.74, 6) is 0.286. The Kier molecular flexibility index (Phi) is 3.89. The van der Waals surface area contributed by atoms with Gasteiger partial charge in [0.25, 0.3) is 0 Å². The SMILES string of the molecule is NCC(=O)Nc1ccc(N2CCOCC2)cn1. The monoisotopic (exact) mass is 236 g/mol. The second-order valence-electron chi connectivity index (χ2n) is 3.75. The number of hydrogen-bond donors (Lipinski definition) is 2. The van der Waals surface area contributed by atoms with Crippen molar-refractivity contribution in [3.8, 4) is 0 Å². The van der Waals surface area contributed by atoms with Gasteiger partial charge in [0.1, 0.15) is 5.82 Å². The number of aromatic nitrogens is 1. The molecular formula is C11H16N4O2. The van der Waals surface area contributed by atoms with Crippen LogP contribution < -0.4 is 16.0 Å². The minimum absolute atomic E-state index is 0.0348. The largest absolute Gasteiger partial charge is 0.378 e. The number of rotatable bonds is 3. The third kappa shape index (κ3) is 3.15. The zero-order valence-electron chi connectivity index (χ0n) is 9.56. The van der Waals surface area contributed by atoms with E-state index in [9.17, 15) is 4.79 Å². The molecule has 1 aromatic rings. The number of morpholine rings is 1. The van der Waals surface area contributed by atoms with Crippen LogP contribution in [0.5, 0.6) is 0 Å². The number of nitrogens with one attached hydrogen (secondary N) is 1. The standard InChI is InChI=1S/C11H16N4O2/c12-7-11(16)14-10-2-1-9(8-13-10)15-3-5-17-6-4-15/h1-2,8H,3-7,12H2,(H,13,14,16). The van der Waals surface area contributed by atoms with Crippen molar-refractivity contribution >= 4 is 17.4 Å². The quantitative estimate of drug-likeness (QED) is 0.760. The number of carbonyl (C=O) groups excluding carboxylic acids is 1. The average Bonchev–Trinajstić information content (AvgIpc) is 2.40. The van der Waals surface area contributed by atoms with Crippen LogP contribution in [-0.2, 0) is 9.53 Å². The van der Waals surface area contributed by atoms with Crippen molar-refractivity contribution in [2.45, 2.75) is 0 Å². The van der Waals surface area contributed by atoms with Gasteiger partial charge in [-0.2, -0.15) is 0 Å². The molecule has 2 rings (SSSR count). The van der Waals surface area contributed by atoms with E-state index in [1.54, 1.807) is 12.3 Å². The van der Waals surface area contributed by atoms with Crippen LogP contribution in [-0.4, -0.2) is 43.7 Å². The van der Waals surface area contributed by atoms with E-state index in [0.717, 1.165) is 32.0 Å². The molecule has 3 N–H and O–H groups in total. The molecule has 0 aromatic carbocycles. The smallest absolute Gasteiger partial charge is 0.239 e. The van der Waals surface area contributed by atoms with Crippen LogP contribution in [0.4, 0.5) is 11.5 Å². The summed E-state index contributed by atoms with van der Waals surface area (Å²) in [6, 6.07) is 3.71. The number of nitrogens with two attached hydrogens (primary N) is 1. The first-order valence-electron chi connectivity index (χ1n) is 5.58. The molecule has 1 amide bonds. The van der Waals surface area contributed by atoms with Crippen LogP contribution in [0.15, 0.2) is 18.3 Å². The maximum absolute atomic E-state index is 11.1. The predicted molar refractivity (Wildman–Crippen MR) is 65.0 cm³/mol. The fourth-order valence-electron chi connectivity index (χ4n) is 1.66. The second kappa shape index (κ2) is 5.60. The molecular weight excluding hydrogens is 220 g/mol. The molecule has 92 valence electrons. The van der Waals surface area contributed by atoms with Gasteiger partial charge in [-0.05, 0) is 12.1 Å². The average molecular weight is 236 g/mol. The molecule has 1 saturated heterocycles. The number of pyridine rings is 1. The van der Waals surface area contributed by atoms with E-state index in [2.05, 4.69) is 15.2 Å². The van der Waals surface area contributed by atoms with Crippen molar-refractivity contribution < 1.29 is 9.53 Å². The van der Waals surface area contributed by atoms with Gasteiger partial charge in [0.05, 0.1) is 31.6 Å². The van der Waals surface area contributed by atoms with Gasteiger partial charge in [0.15, 0.2) is 0 Å². The Morgan fingerprint density at radius 3 is 2.82 bits per heavy atom. The summed E-state index contributed by atoms with van der Waals surface area (Å²) in [6.45, 7) is 3.19. The molecule has 0 radical (unpaired) electrons. The lowest BCUT2D eigenvalue weighted by Crippen LogP contribution is -2.36. The molecule has 0 spiro atoms. The Hall–Kier alpha value is -1.66. The van der Waals surface area contributed by atoms with Crippen LogP contribution in [0, 0.1) is 0 Å². The molecule has 0 unspecified atom stereocenters. The lowest BCUT2D eigenvalue weighted by atomic mass is 10.3. The van der Waals surface area contributed by atoms with Gasteiger partial charge in [-0.1, -0.05) is 0 Å². The normalized spacial score (nSPS) is 15.7. The van der Waals surface area contributed by atoms with E-state index in [0.29, 0.717) is 5.82 Å². The number of ether oxygens (including phenoxy) is 1. The molecule has 17 heavy (non-hydrogen) atoms. The van der Waals surface area contributed by atoms with Crippen LogP contribution in [0.1, 0.15) is 0 Å². The molecule has 0 aliphatic carbocycles. The van der Waals surface area contributed by atoms with Gasteiger partial charge in [0, 0.05) is 13.1 Å². The van der Waals surface area contributed by atoms with Crippen LogP contribution >= 0.6 is 0 Å². The molecule has 0 saturated carbocycles. The summed E-state index contributed by atoms with van der Waals surface area (Å²) in [5, 5.41) is 2.60. The maximum Gasteiger partial charge on any atom is 0.239 e. The number of nitrogens with zero attached hydrogens (tertiary/aromatic N) is 2. The zero-order chi connectivity index (χ0) is 12.1. The third-order valence-electron chi connectivity index (χ3n) is 2.58. The highest BCUT2D eigenvalue weighted by Gasteiger charge is 2.11. The Balaban J connectivity index is 1.99. The van der Waals surface area contributed by atoms with Gasteiger partial charge in [0.2, 0.25) is 5.91 Å². The van der Waals surface area contributed by atoms with E-state index < -0.39 is 0 Å². The summed E-state index contributed by atoms with van der Waals surface area (Å²) in [7, 11) is 0. The fraction of sp³-hybridized carbons (Fsp3) is 0.455. The van der Waals surface area contributed by atoms with Gasteiger partial charge in [-0.3, -0.25) is 4.79 Å². The molecule has 1 fully saturated rings. The van der Waals surface area contributed by atoms with E-state index in [4.69, 9.17) is 10.5 Å². The number of amides is 1. The van der Waals surface area contributed by atoms with Crippen LogP contribution in [0.2, 0.25) is 0 Å². The highest BCUT2D eigenvalue weighted by molar-refractivity contribution is 5.91. The molecule has 1 aliphatic rings. The molecule has 6 heteroatoms. The highest BCUT2D eigenvalue weighted by Crippen LogP contribution is 2.16. The van der Waals surface area contributed by atoms with Gasteiger partial charge in [-0.15, -0.1) is 0 Å². The first-order valence-corrected chi connectivity index (χ1v) is 5.58. The van der Waals surface area contributed by atoms with Crippen molar-refractivity contribution in [2.75, 3.05) is 43.1 Å². The third-order valence-corrected chi connectivity index (χ3v) is 2.58. The number of carbonyl (C=O) groups is 1. The first-order chi connectivity index (χ1) is 8.29. The minimum atomic E-state index is -0.239. The van der Waals surface area contributed by atoms with Crippen molar-refractivity contribution in [3.05, 3.63) is 18.3 Å². The van der Waals surface area contributed by atoms with Crippen molar-refractivity contribution in [2.24, 2.45) is 5.73 Å². The molecule has 1 aromatic heterocycles. The molecule has 0 bridgehead atoms.